The van der Waals surface area contributed by atoms with Gasteiger partial charge in [0.2, 0.25) is 0 Å². The van der Waals surface area contributed by atoms with Crippen molar-refractivity contribution in [2.75, 3.05) is 10.6 Å². The van der Waals surface area contributed by atoms with E-state index in [1.807, 2.05) is 12.1 Å². The van der Waals surface area contributed by atoms with Crippen molar-refractivity contribution in [3.8, 4) is 11.5 Å². The SMILES string of the molecule is O=C(Nc1ccc(Oc2ccnc(C(=O)NNC(=O)c3ccc4c(c3)CCCC4)c2)cc1)Nc1ccc(Cl)c(C(F)(F)F)c1. The number of benzene rings is 3. The average Bonchev–Trinajstić information content (AvgIpc) is 3.01. The second-order valence-electron chi connectivity index (χ2n) is 9.87. The van der Waals surface area contributed by atoms with Gasteiger partial charge in [-0.25, -0.2) is 4.79 Å². The summed E-state index contributed by atoms with van der Waals surface area (Å²) in [6, 6.07) is 16.8. The molecule has 3 aromatic carbocycles. The minimum atomic E-state index is -4.67. The maximum Gasteiger partial charge on any atom is 0.417 e. The van der Waals surface area contributed by atoms with Crippen LogP contribution in [0, 0.1) is 0 Å². The number of amides is 4. The second-order valence-corrected chi connectivity index (χ2v) is 10.3. The number of pyridine rings is 1. The molecule has 4 aromatic rings. The van der Waals surface area contributed by atoms with Crippen LogP contribution in [-0.4, -0.2) is 22.8 Å². The number of alkyl halides is 3. The summed E-state index contributed by atoms with van der Waals surface area (Å²) in [5.41, 5.74) is 6.79. The van der Waals surface area contributed by atoms with Gasteiger partial charge in [-0.3, -0.25) is 25.4 Å². The number of aromatic nitrogens is 1. The Morgan fingerprint density at radius 1 is 0.750 bits per heavy atom. The van der Waals surface area contributed by atoms with E-state index in [1.165, 1.54) is 42.1 Å². The molecule has 0 radical (unpaired) electrons. The zero-order valence-corrected chi connectivity index (χ0v) is 23.7. The van der Waals surface area contributed by atoms with Gasteiger partial charge in [-0.1, -0.05) is 17.7 Å². The van der Waals surface area contributed by atoms with E-state index in [0.29, 0.717) is 17.0 Å². The molecule has 0 atom stereocenters. The van der Waals surface area contributed by atoms with Crippen molar-refractivity contribution >= 4 is 40.8 Å². The summed E-state index contributed by atoms with van der Waals surface area (Å²) in [6.45, 7) is 0. The summed E-state index contributed by atoms with van der Waals surface area (Å²) in [5, 5.41) is 4.36. The maximum absolute atomic E-state index is 13.1. The van der Waals surface area contributed by atoms with Crippen LogP contribution in [0.5, 0.6) is 11.5 Å². The number of hydrazine groups is 1. The predicted molar refractivity (Wildman–Crippen MR) is 158 cm³/mol. The highest BCUT2D eigenvalue weighted by Gasteiger charge is 2.33. The Labute approximate surface area is 254 Å². The van der Waals surface area contributed by atoms with E-state index >= 15 is 0 Å². The summed E-state index contributed by atoms with van der Waals surface area (Å²) in [6.07, 6.45) is 0.846. The lowest BCUT2D eigenvalue weighted by Crippen LogP contribution is -2.42. The van der Waals surface area contributed by atoms with E-state index in [9.17, 15) is 27.6 Å². The molecule has 1 aromatic heterocycles. The second kappa shape index (κ2) is 13.0. The maximum atomic E-state index is 13.1. The fourth-order valence-electron chi connectivity index (χ4n) is 4.58. The van der Waals surface area contributed by atoms with Crippen LogP contribution in [0.25, 0.3) is 0 Å². The molecule has 13 heteroatoms. The minimum Gasteiger partial charge on any atom is -0.457 e. The van der Waals surface area contributed by atoms with Crippen molar-refractivity contribution in [3.05, 3.63) is 112 Å². The first kappa shape index (κ1) is 30.4. The third-order valence-electron chi connectivity index (χ3n) is 6.74. The van der Waals surface area contributed by atoms with Crippen molar-refractivity contribution in [2.45, 2.75) is 31.9 Å². The number of aryl methyl sites for hydroxylation is 2. The van der Waals surface area contributed by atoms with E-state index < -0.39 is 34.6 Å². The van der Waals surface area contributed by atoms with Crippen LogP contribution in [-0.2, 0) is 19.0 Å². The molecule has 0 fully saturated rings. The van der Waals surface area contributed by atoms with Crippen LogP contribution >= 0.6 is 11.6 Å². The molecular weight excluding hydrogens is 599 g/mol. The molecule has 226 valence electrons. The first-order valence-corrected chi connectivity index (χ1v) is 13.8. The molecule has 9 nitrogen and oxygen atoms in total. The molecule has 0 spiro atoms. The van der Waals surface area contributed by atoms with Crippen LogP contribution in [0.2, 0.25) is 5.02 Å². The smallest absolute Gasteiger partial charge is 0.417 e. The number of carbonyl (C=O) groups excluding carboxylic acids is 3. The van der Waals surface area contributed by atoms with Gasteiger partial charge < -0.3 is 15.4 Å². The van der Waals surface area contributed by atoms with Crippen LogP contribution in [0.15, 0.2) is 79.0 Å². The van der Waals surface area contributed by atoms with Gasteiger partial charge in [-0.2, -0.15) is 13.2 Å². The highest BCUT2D eigenvalue weighted by Crippen LogP contribution is 2.36. The Morgan fingerprint density at radius 2 is 1.43 bits per heavy atom. The Morgan fingerprint density at radius 3 is 2.18 bits per heavy atom. The fraction of sp³-hybridized carbons (Fsp3) is 0.161. The van der Waals surface area contributed by atoms with Gasteiger partial charge in [0.1, 0.15) is 17.2 Å². The summed E-state index contributed by atoms with van der Waals surface area (Å²) in [7, 11) is 0. The largest absolute Gasteiger partial charge is 0.457 e. The highest BCUT2D eigenvalue weighted by atomic mass is 35.5. The number of ether oxygens (including phenoxy) is 1. The number of fused-ring (bicyclic) bond motifs is 1. The average molecular weight is 624 g/mol. The topological polar surface area (TPSA) is 121 Å². The molecule has 44 heavy (non-hydrogen) atoms. The van der Waals surface area contributed by atoms with Crippen molar-refractivity contribution < 1.29 is 32.3 Å². The lowest BCUT2D eigenvalue weighted by Gasteiger charge is -2.16. The molecule has 1 aliphatic rings. The zero-order valence-electron chi connectivity index (χ0n) is 22.9. The van der Waals surface area contributed by atoms with E-state index in [-0.39, 0.29) is 17.1 Å². The third kappa shape index (κ3) is 7.64. The molecule has 4 amide bonds. The number of hydrogen-bond acceptors (Lipinski definition) is 5. The Kier molecular flexibility index (Phi) is 9.00. The number of nitrogens with one attached hydrogen (secondary N) is 4. The van der Waals surface area contributed by atoms with Crippen molar-refractivity contribution in [1.82, 2.24) is 15.8 Å². The number of urea groups is 1. The van der Waals surface area contributed by atoms with E-state index in [0.717, 1.165) is 43.4 Å². The van der Waals surface area contributed by atoms with Gasteiger partial charge in [0.25, 0.3) is 11.8 Å². The number of hydrogen-bond donors (Lipinski definition) is 4. The van der Waals surface area contributed by atoms with Gasteiger partial charge in [0.15, 0.2) is 0 Å². The Balaban J connectivity index is 1.14. The monoisotopic (exact) mass is 623 g/mol. The molecule has 0 aliphatic heterocycles. The first-order chi connectivity index (χ1) is 21.0. The van der Waals surface area contributed by atoms with Gasteiger partial charge in [0.05, 0.1) is 10.6 Å². The summed E-state index contributed by atoms with van der Waals surface area (Å²) >= 11 is 5.61. The normalized spacial score (nSPS) is 12.5. The third-order valence-corrected chi connectivity index (χ3v) is 7.07. The predicted octanol–water partition coefficient (Wildman–Crippen LogP) is 7.14. The lowest BCUT2D eigenvalue weighted by atomic mass is 9.90. The summed E-state index contributed by atoms with van der Waals surface area (Å²) < 4.78 is 45.0. The Bertz CT molecular complexity index is 1710. The van der Waals surface area contributed by atoms with Gasteiger partial charge in [-0.15, -0.1) is 0 Å². The van der Waals surface area contributed by atoms with Crippen LogP contribution in [0.4, 0.5) is 29.3 Å². The number of carbonyl (C=O) groups is 3. The molecule has 5 rings (SSSR count). The number of anilines is 2. The molecule has 0 unspecified atom stereocenters. The molecular formula is C31H25ClF3N5O4. The summed E-state index contributed by atoms with van der Waals surface area (Å²) in [4.78, 5) is 41.5. The summed E-state index contributed by atoms with van der Waals surface area (Å²) in [5.74, 6) is -0.439. The van der Waals surface area contributed by atoms with Gasteiger partial charge in [-0.05, 0) is 97.5 Å². The fourth-order valence-corrected chi connectivity index (χ4v) is 4.80. The van der Waals surface area contributed by atoms with Crippen molar-refractivity contribution in [1.29, 1.82) is 0 Å². The van der Waals surface area contributed by atoms with E-state index in [2.05, 4.69) is 26.5 Å². The zero-order chi connectivity index (χ0) is 31.3. The van der Waals surface area contributed by atoms with Crippen LogP contribution in [0.1, 0.15) is 50.4 Å². The van der Waals surface area contributed by atoms with Gasteiger partial charge in [0, 0.05) is 29.2 Å². The number of nitrogens with zero attached hydrogens (tertiary/aromatic N) is 1. The van der Waals surface area contributed by atoms with E-state index in [4.69, 9.17) is 16.3 Å². The highest BCUT2D eigenvalue weighted by molar-refractivity contribution is 6.31. The molecule has 1 heterocycles. The number of rotatable bonds is 6. The van der Waals surface area contributed by atoms with Gasteiger partial charge >= 0.3 is 12.2 Å². The quantitative estimate of drug-likeness (QED) is 0.170. The molecule has 4 N–H and O–H groups in total. The molecule has 0 saturated heterocycles. The standard InChI is InChI=1S/C31H25ClF3N5O4/c32-26-12-9-22(16-25(26)31(33,34)35)38-30(43)37-21-7-10-23(11-8-21)44-24-13-14-36-27(17-24)29(42)40-39-28(41)20-6-5-18-3-1-2-4-19(18)15-20/h5-17H,1-4H2,(H,39,41)(H,40,42)(H2,37,38,43). The number of halogens is 4. The van der Waals surface area contributed by atoms with Crippen molar-refractivity contribution in [2.24, 2.45) is 0 Å². The Hall–Kier alpha value is -5.10. The van der Waals surface area contributed by atoms with Crippen LogP contribution < -0.4 is 26.2 Å². The molecule has 0 bridgehead atoms. The van der Waals surface area contributed by atoms with Crippen molar-refractivity contribution in [3.63, 3.8) is 0 Å². The minimum absolute atomic E-state index is 0.000853. The van der Waals surface area contributed by atoms with Crippen LogP contribution in [0.3, 0.4) is 0 Å². The molecule has 0 saturated carbocycles. The van der Waals surface area contributed by atoms with E-state index in [1.54, 1.807) is 18.2 Å². The lowest BCUT2D eigenvalue weighted by molar-refractivity contribution is -0.137. The molecule has 1 aliphatic carbocycles. The first-order valence-electron chi connectivity index (χ1n) is 13.5.